The molecule has 1 nitrogen and oxygen atoms in total. The second-order valence-electron chi connectivity index (χ2n) is 3.70. The van der Waals surface area contributed by atoms with Crippen LogP contribution < -0.4 is 0 Å². The Morgan fingerprint density at radius 3 is 2.41 bits per heavy atom. The van der Waals surface area contributed by atoms with Gasteiger partial charge in [-0.2, -0.15) is 0 Å². The number of allylic oxidation sites excluding steroid dienone is 5. The summed E-state index contributed by atoms with van der Waals surface area (Å²) < 4.78 is 0. The molecule has 0 aromatic heterocycles. The van der Waals surface area contributed by atoms with Gasteiger partial charge in [0.25, 0.3) is 0 Å². The SMILES string of the molecule is N=C1C=CC=CC1C(Cl)=C(Cl)c1ccccc1. The maximum absolute atomic E-state index is 7.82. The molecule has 0 fully saturated rings. The van der Waals surface area contributed by atoms with Crippen molar-refractivity contribution < 1.29 is 0 Å². The highest BCUT2D eigenvalue weighted by Crippen LogP contribution is 2.32. The molecule has 1 unspecified atom stereocenters. The van der Waals surface area contributed by atoms with Gasteiger partial charge in [-0.25, -0.2) is 0 Å². The van der Waals surface area contributed by atoms with E-state index in [0.717, 1.165) is 5.56 Å². The quantitative estimate of drug-likeness (QED) is 0.807. The van der Waals surface area contributed by atoms with E-state index in [1.807, 2.05) is 48.6 Å². The molecule has 0 amide bonds. The molecular formula is C14H11Cl2N. The van der Waals surface area contributed by atoms with Crippen LogP contribution in [0.5, 0.6) is 0 Å². The van der Waals surface area contributed by atoms with Gasteiger partial charge in [-0.05, 0) is 11.6 Å². The van der Waals surface area contributed by atoms with Gasteiger partial charge in [0.1, 0.15) is 0 Å². The van der Waals surface area contributed by atoms with Crippen LogP contribution in [-0.2, 0) is 0 Å². The smallest absolute Gasteiger partial charge is 0.0633 e. The lowest BCUT2D eigenvalue weighted by molar-refractivity contribution is 1.09. The van der Waals surface area contributed by atoms with Crippen LogP contribution >= 0.6 is 23.2 Å². The van der Waals surface area contributed by atoms with Crippen LogP contribution in [0.4, 0.5) is 0 Å². The molecule has 1 atom stereocenters. The molecule has 1 N–H and O–H groups in total. The number of halogens is 2. The van der Waals surface area contributed by atoms with Gasteiger partial charge in [0, 0.05) is 5.71 Å². The zero-order chi connectivity index (χ0) is 12.3. The van der Waals surface area contributed by atoms with Crippen molar-refractivity contribution in [2.75, 3.05) is 0 Å². The summed E-state index contributed by atoms with van der Waals surface area (Å²) in [5.41, 5.74) is 1.32. The van der Waals surface area contributed by atoms with Crippen LogP contribution in [0, 0.1) is 11.3 Å². The normalized spacial score (nSPS) is 20.4. The molecule has 1 aliphatic carbocycles. The van der Waals surface area contributed by atoms with Crippen molar-refractivity contribution in [1.29, 1.82) is 5.41 Å². The van der Waals surface area contributed by atoms with E-state index in [4.69, 9.17) is 28.6 Å². The van der Waals surface area contributed by atoms with E-state index >= 15 is 0 Å². The molecule has 0 aliphatic heterocycles. The van der Waals surface area contributed by atoms with E-state index in [1.54, 1.807) is 6.08 Å². The molecule has 0 saturated carbocycles. The highest BCUT2D eigenvalue weighted by Gasteiger charge is 2.18. The third-order valence-electron chi connectivity index (χ3n) is 2.54. The molecule has 0 heterocycles. The van der Waals surface area contributed by atoms with Crippen LogP contribution in [0.1, 0.15) is 5.56 Å². The summed E-state index contributed by atoms with van der Waals surface area (Å²) in [6.07, 6.45) is 7.29. The molecule has 86 valence electrons. The van der Waals surface area contributed by atoms with Gasteiger partial charge in [0.15, 0.2) is 0 Å². The zero-order valence-electron chi connectivity index (χ0n) is 9.03. The lowest BCUT2D eigenvalue weighted by Gasteiger charge is -2.15. The van der Waals surface area contributed by atoms with Gasteiger partial charge >= 0.3 is 0 Å². The molecule has 1 aromatic rings. The summed E-state index contributed by atoms with van der Waals surface area (Å²) >= 11 is 12.5. The summed E-state index contributed by atoms with van der Waals surface area (Å²) in [4.78, 5) is 0. The largest absolute Gasteiger partial charge is 0.304 e. The van der Waals surface area contributed by atoms with E-state index < -0.39 is 0 Å². The number of rotatable bonds is 2. The van der Waals surface area contributed by atoms with E-state index in [-0.39, 0.29) is 5.92 Å². The number of hydrogen-bond donors (Lipinski definition) is 1. The average molecular weight is 264 g/mol. The standard InChI is InChI=1S/C14H11Cl2N/c15-13(10-6-2-1-3-7-10)14(16)11-8-4-5-9-12(11)17/h1-9,11,17H. The number of benzene rings is 1. The number of nitrogens with one attached hydrogen (secondary N) is 1. The third kappa shape index (κ3) is 2.68. The van der Waals surface area contributed by atoms with Crippen molar-refractivity contribution in [2.24, 2.45) is 5.92 Å². The summed E-state index contributed by atoms with van der Waals surface area (Å²) in [6.45, 7) is 0. The van der Waals surface area contributed by atoms with Crippen molar-refractivity contribution in [2.45, 2.75) is 0 Å². The van der Waals surface area contributed by atoms with Gasteiger partial charge in [0.2, 0.25) is 0 Å². The monoisotopic (exact) mass is 263 g/mol. The Morgan fingerprint density at radius 2 is 1.76 bits per heavy atom. The first-order chi connectivity index (χ1) is 8.20. The fraction of sp³-hybridized carbons (Fsp3) is 0.0714. The first kappa shape index (κ1) is 12.2. The lowest BCUT2D eigenvalue weighted by atomic mass is 9.97. The van der Waals surface area contributed by atoms with Crippen molar-refractivity contribution in [3.05, 3.63) is 65.2 Å². The molecule has 0 bridgehead atoms. The molecule has 17 heavy (non-hydrogen) atoms. The van der Waals surface area contributed by atoms with Gasteiger partial charge in [-0.1, -0.05) is 71.8 Å². The maximum atomic E-state index is 7.82. The minimum Gasteiger partial charge on any atom is -0.304 e. The van der Waals surface area contributed by atoms with E-state index in [2.05, 4.69) is 0 Å². The van der Waals surface area contributed by atoms with E-state index in [9.17, 15) is 0 Å². The Hall–Kier alpha value is -1.31. The van der Waals surface area contributed by atoms with Gasteiger partial charge in [-0.3, -0.25) is 0 Å². The predicted molar refractivity (Wildman–Crippen MR) is 74.6 cm³/mol. The van der Waals surface area contributed by atoms with Crippen LogP contribution in [0.25, 0.3) is 5.03 Å². The summed E-state index contributed by atoms with van der Waals surface area (Å²) in [5, 5.41) is 8.81. The topological polar surface area (TPSA) is 23.9 Å². The minimum atomic E-state index is -0.241. The fourth-order valence-corrected chi connectivity index (χ4v) is 2.16. The Kier molecular flexibility index (Phi) is 3.82. The maximum Gasteiger partial charge on any atom is 0.0633 e. The Labute approximate surface area is 111 Å². The van der Waals surface area contributed by atoms with Crippen molar-refractivity contribution in [3.63, 3.8) is 0 Å². The van der Waals surface area contributed by atoms with Crippen molar-refractivity contribution >= 4 is 33.9 Å². The van der Waals surface area contributed by atoms with Gasteiger partial charge < -0.3 is 5.41 Å². The van der Waals surface area contributed by atoms with E-state index in [1.165, 1.54) is 0 Å². The Bertz CT molecular complexity index is 512. The Balaban J connectivity index is 2.35. The fourth-order valence-electron chi connectivity index (χ4n) is 1.62. The molecular weight excluding hydrogens is 253 g/mol. The van der Waals surface area contributed by atoms with Crippen molar-refractivity contribution in [1.82, 2.24) is 0 Å². The molecule has 3 heteroatoms. The van der Waals surface area contributed by atoms with Crippen LogP contribution in [-0.4, -0.2) is 5.71 Å². The molecule has 2 rings (SSSR count). The highest BCUT2D eigenvalue weighted by atomic mass is 35.5. The van der Waals surface area contributed by atoms with Crippen LogP contribution in [0.15, 0.2) is 59.7 Å². The molecule has 1 aromatic carbocycles. The number of hydrogen-bond acceptors (Lipinski definition) is 1. The summed E-state index contributed by atoms with van der Waals surface area (Å²) in [5.74, 6) is -0.241. The minimum absolute atomic E-state index is 0.241. The third-order valence-corrected chi connectivity index (χ3v) is 3.48. The average Bonchev–Trinajstić information content (AvgIpc) is 2.39. The van der Waals surface area contributed by atoms with Crippen LogP contribution in [0.2, 0.25) is 0 Å². The second-order valence-corrected chi connectivity index (χ2v) is 4.49. The lowest BCUT2D eigenvalue weighted by Crippen LogP contribution is -2.11. The van der Waals surface area contributed by atoms with Crippen LogP contribution in [0.3, 0.4) is 0 Å². The second kappa shape index (κ2) is 5.35. The highest BCUT2D eigenvalue weighted by molar-refractivity contribution is 6.55. The molecule has 0 radical (unpaired) electrons. The molecule has 0 saturated heterocycles. The molecule has 1 aliphatic rings. The van der Waals surface area contributed by atoms with Crippen molar-refractivity contribution in [3.8, 4) is 0 Å². The van der Waals surface area contributed by atoms with E-state index in [0.29, 0.717) is 15.8 Å². The van der Waals surface area contributed by atoms with Gasteiger partial charge in [0.05, 0.1) is 16.0 Å². The Morgan fingerprint density at radius 1 is 1.06 bits per heavy atom. The first-order valence-corrected chi connectivity index (χ1v) is 5.99. The summed E-state index contributed by atoms with van der Waals surface area (Å²) in [6, 6.07) is 9.54. The first-order valence-electron chi connectivity index (χ1n) is 5.24. The summed E-state index contributed by atoms with van der Waals surface area (Å²) in [7, 11) is 0. The van der Waals surface area contributed by atoms with Gasteiger partial charge in [-0.15, -0.1) is 0 Å². The molecule has 0 spiro atoms. The zero-order valence-corrected chi connectivity index (χ0v) is 10.5. The predicted octanol–water partition coefficient (Wildman–Crippen LogP) is 4.59.